The molecule has 0 spiro atoms. The van der Waals surface area contributed by atoms with Gasteiger partial charge in [-0.15, -0.1) is 0 Å². The van der Waals surface area contributed by atoms with E-state index in [2.05, 4.69) is 50.8 Å². The number of hydrogen-bond donors (Lipinski definition) is 0. The van der Waals surface area contributed by atoms with Crippen molar-refractivity contribution in [3.8, 4) is 0 Å². The van der Waals surface area contributed by atoms with Crippen molar-refractivity contribution in [1.29, 1.82) is 0 Å². The van der Waals surface area contributed by atoms with Gasteiger partial charge < -0.3 is 0 Å². The molecular formula is C21H30AuClN2O. The zero-order valence-corrected chi connectivity index (χ0v) is 19.1. The molecule has 0 bridgehead atoms. The Kier molecular flexibility index (Phi) is 6.79. The number of carbonyl (C=O) groups excluding carboxylic acids is 1. The van der Waals surface area contributed by atoms with Crippen molar-refractivity contribution in [3.05, 3.63) is 29.3 Å². The van der Waals surface area contributed by atoms with Gasteiger partial charge in [0.1, 0.15) is 0 Å². The number of para-hydroxylation sites is 1. The molecule has 1 amide bonds. The van der Waals surface area contributed by atoms with Gasteiger partial charge in [-0.3, -0.25) is 0 Å². The Morgan fingerprint density at radius 2 is 1.62 bits per heavy atom. The van der Waals surface area contributed by atoms with Gasteiger partial charge in [-0.1, -0.05) is 0 Å². The van der Waals surface area contributed by atoms with Crippen molar-refractivity contribution in [2.45, 2.75) is 77.7 Å². The van der Waals surface area contributed by atoms with E-state index in [1.165, 1.54) is 43.2 Å². The maximum absolute atomic E-state index is 13.2. The summed E-state index contributed by atoms with van der Waals surface area (Å²) in [6.07, 6.45) is 6.22. The Morgan fingerprint density at radius 3 is 2.12 bits per heavy atom. The van der Waals surface area contributed by atoms with E-state index in [9.17, 15) is 4.79 Å². The van der Waals surface area contributed by atoms with Gasteiger partial charge >= 0.3 is 171 Å². The first kappa shape index (κ1) is 20.3. The van der Waals surface area contributed by atoms with Crippen molar-refractivity contribution >= 4 is 24.8 Å². The van der Waals surface area contributed by atoms with Gasteiger partial charge in [0.05, 0.1) is 0 Å². The summed E-state index contributed by atoms with van der Waals surface area (Å²) in [5, 5.41) is 0. The van der Waals surface area contributed by atoms with E-state index < -0.39 is 18.2 Å². The Morgan fingerprint density at radius 1 is 1.04 bits per heavy atom. The number of rotatable bonds is 4. The second-order valence-corrected chi connectivity index (χ2v) is 10.3. The molecule has 5 heteroatoms. The fourth-order valence-corrected chi connectivity index (χ4v) is 6.64. The van der Waals surface area contributed by atoms with Crippen LogP contribution in [0.1, 0.15) is 82.8 Å². The molecule has 0 radical (unpaired) electrons. The summed E-state index contributed by atoms with van der Waals surface area (Å²) >= 11 is -0.576. The maximum atomic E-state index is 13.2. The monoisotopic (exact) mass is 558 g/mol. The van der Waals surface area contributed by atoms with Crippen LogP contribution in [0.3, 0.4) is 0 Å². The summed E-state index contributed by atoms with van der Waals surface area (Å²) in [5.41, 5.74) is 3.60. The molecule has 1 saturated carbocycles. The topological polar surface area (TPSA) is 23.6 Å². The Hall–Kier alpha value is -0.450. The Labute approximate surface area is 170 Å². The minimum absolute atomic E-state index is 0.192. The third-order valence-electron chi connectivity index (χ3n) is 5.57. The first-order valence-corrected chi connectivity index (χ1v) is 13.5. The molecule has 2 aliphatic rings. The predicted molar refractivity (Wildman–Crippen MR) is 107 cm³/mol. The van der Waals surface area contributed by atoms with Crippen LogP contribution in [-0.2, 0) is 23.0 Å². The average Bonchev–Trinajstić information content (AvgIpc) is 2.97. The number of amides is 1. The van der Waals surface area contributed by atoms with Crippen LogP contribution in [0, 0.1) is 0 Å². The van der Waals surface area contributed by atoms with Gasteiger partial charge in [0.2, 0.25) is 0 Å². The molecule has 0 aromatic heterocycles. The standard InChI is InChI=1S/C21H30N2O.Au.ClH/c1-15(2)18-11-8-12-19(16(3)4)21(18)23-14-22(13-20(23)24)17-9-6-5-7-10-17;;/h8,11-12,15-17H,5-7,9-10,13H2,1-4H3;;1H/q;+1;/p-1. The third-order valence-corrected chi connectivity index (χ3v) is 7.88. The quantitative estimate of drug-likeness (QED) is 0.472. The number of hydrogen-bond acceptors (Lipinski definition) is 2. The summed E-state index contributed by atoms with van der Waals surface area (Å²) in [4.78, 5) is 17.5. The van der Waals surface area contributed by atoms with Gasteiger partial charge in [0.25, 0.3) is 0 Å². The van der Waals surface area contributed by atoms with E-state index in [4.69, 9.17) is 9.19 Å². The van der Waals surface area contributed by atoms with E-state index in [1.807, 2.05) is 4.90 Å². The van der Waals surface area contributed by atoms with Gasteiger partial charge in [-0.2, -0.15) is 0 Å². The summed E-state index contributed by atoms with van der Waals surface area (Å²) in [5.74, 6) is 0.930. The summed E-state index contributed by atoms with van der Waals surface area (Å²) in [6.45, 7) is 9.31. The van der Waals surface area contributed by atoms with Crippen molar-refractivity contribution in [1.82, 2.24) is 4.90 Å². The molecule has 26 heavy (non-hydrogen) atoms. The Bertz CT molecular complexity index is 669. The summed E-state index contributed by atoms with van der Waals surface area (Å²) in [6, 6.07) is 6.95. The first-order chi connectivity index (χ1) is 12.5. The van der Waals surface area contributed by atoms with Crippen LogP contribution in [0.4, 0.5) is 5.69 Å². The second kappa shape index (κ2) is 8.70. The van der Waals surface area contributed by atoms with Crippen LogP contribution >= 0.6 is 9.19 Å². The van der Waals surface area contributed by atoms with Gasteiger partial charge in [0, 0.05) is 0 Å². The molecule has 2 fully saturated rings. The van der Waals surface area contributed by atoms with Crippen LogP contribution in [-0.4, -0.2) is 27.4 Å². The van der Waals surface area contributed by atoms with Crippen LogP contribution in [0.15, 0.2) is 18.2 Å². The fourth-order valence-electron chi connectivity index (χ4n) is 4.19. The summed E-state index contributed by atoms with van der Waals surface area (Å²) in [7, 11) is 6.52. The van der Waals surface area contributed by atoms with Gasteiger partial charge in [-0.05, 0) is 0 Å². The molecule has 0 unspecified atom stereocenters. The minimum atomic E-state index is -0.576. The van der Waals surface area contributed by atoms with Crippen molar-refractivity contribution < 1.29 is 23.0 Å². The molecule has 3 nitrogen and oxygen atoms in total. The van der Waals surface area contributed by atoms with Crippen molar-refractivity contribution in [3.63, 3.8) is 0 Å². The molecule has 0 atom stereocenters. The summed E-state index contributed by atoms with van der Waals surface area (Å²) < 4.78 is 1.08. The molecular weight excluding hydrogens is 529 g/mol. The van der Waals surface area contributed by atoms with E-state index in [0.29, 0.717) is 24.4 Å². The molecule has 3 rings (SSSR count). The normalized spacial score (nSPS) is 22.2. The molecule has 1 aliphatic carbocycles. The van der Waals surface area contributed by atoms with Gasteiger partial charge in [-0.25, -0.2) is 0 Å². The van der Waals surface area contributed by atoms with E-state index >= 15 is 0 Å². The number of halogens is 1. The van der Waals surface area contributed by atoms with Crippen LogP contribution in [0.25, 0.3) is 0 Å². The molecule has 148 valence electrons. The number of anilines is 1. The van der Waals surface area contributed by atoms with E-state index in [1.54, 1.807) is 0 Å². The SMILES string of the molecule is CC(C)c1cccc(C(C)C)c1N1C(=O)CN(C2CCCCC2)[C]1=[Au][Cl]. The van der Waals surface area contributed by atoms with Crippen LogP contribution in [0.2, 0.25) is 0 Å². The zero-order chi connectivity index (χ0) is 18.8. The van der Waals surface area contributed by atoms with E-state index in [0.717, 1.165) is 9.66 Å². The van der Waals surface area contributed by atoms with Crippen molar-refractivity contribution in [2.24, 2.45) is 0 Å². The first-order valence-electron chi connectivity index (χ1n) is 9.74. The molecule has 1 aromatic carbocycles. The number of benzene rings is 1. The number of carbonyl (C=O) groups is 1. The second-order valence-electron chi connectivity index (χ2n) is 8.04. The average molecular weight is 559 g/mol. The molecule has 0 N–H and O–H groups in total. The number of nitrogens with zero attached hydrogens (tertiary/aromatic N) is 2. The Balaban J connectivity index is 2.07. The molecule has 1 saturated heterocycles. The zero-order valence-electron chi connectivity index (χ0n) is 16.2. The van der Waals surface area contributed by atoms with Crippen LogP contribution in [0.5, 0.6) is 0 Å². The molecule has 1 heterocycles. The van der Waals surface area contributed by atoms with Crippen LogP contribution < -0.4 is 4.90 Å². The molecule has 1 aromatic rings. The third kappa shape index (κ3) is 3.88. The van der Waals surface area contributed by atoms with Gasteiger partial charge in [0.15, 0.2) is 0 Å². The predicted octanol–water partition coefficient (Wildman–Crippen LogP) is 5.24. The van der Waals surface area contributed by atoms with Crippen molar-refractivity contribution in [2.75, 3.05) is 11.4 Å². The van der Waals surface area contributed by atoms with E-state index in [-0.39, 0.29) is 5.91 Å². The fraction of sp³-hybridized carbons (Fsp3) is 0.619. The molecule has 1 aliphatic heterocycles.